The summed E-state index contributed by atoms with van der Waals surface area (Å²) in [5.74, 6) is -1.35. The smallest absolute Gasteiger partial charge is 0.363 e. The van der Waals surface area contributed by atoms with Gasteiger partial charge in [0.15, 0.2) is 17.2 Å². The van der Waals surface area contributed by atoms with Crippen LogP contribution in [-0.2, 0) is 9.53 Å². The number of esters is 2. The molecular weight excluding hydrogens is 511 g/mol. The van der Waals surface area contributed by atoms with E-state index >= 15 is 0 Å². The largest absolute Gasteiger partial charge is 0.493 e. The summed E-state index contributed by atoms with van der Waals surface area (Å²) in [6.45, 7) is 1.60. The van der Waals surface area contributed by atoms with Crippen LogP contribution in [0.25, 0.3) is 6.08 Å². The predicted octanol–water partition coefficient (Wildman–Crippen LogP) is 5.78. The molecule has 0 atom stereocenters. The fourth-order valence-corrected chi connectivity index (χ4v) is 3.67. The number of nitro benzene ring substituents is 1. The van der Waals surface area contributed by atoms with E-state index in [2.05, 4.69) is 4.99 Å². The Balaban J connectivity index is 1.63. The lowest BCUT2D eigenvalue weighted by molar-refractivity contribution is -0.385. The van der Waals surface area contributed by atoms with Crippen LogP contribution in [0.15, 0.2) is 65.3 Å². The van der Waals surface area contributed by atoms with Gasteiger partial charge in [0, 0.05) is 22.2 Å². The minimum atomic E-state index is -0.749. The van der Waals surface area contributed by atoms with Gasteiger partial charge in [-0.1, -0.05) is 29.3 Å². The Hall–Kier alpha value is -4.21. The zero-order chi connectivity index (χ0) is 26.0. The number of ether oxygens (including phenoxy) is 3. The van der Waals surface area contributed by atoms with Gasteiger partial charge in [-0.3, -0.25) is 10.1 Å². The Kier molecular flexibility index (Phi) is 7.05. The van der Waals surface area contributed by atoms with E-state index in [1.165, 1.54) is 43.5 Å². The Morgan fingerprint density at radius 2 is 1.83 bits per heavy atom. The lowest BCUT2D eigenvalue weighted by Gasteiger charge is -2.12. The molecule has 11 heteroatoms. The standard InChI is InChI=1S/C25H16Cl2N2O7/c1-13-3-4-16(12-20(13)29(32)33)23-28-19(25(31)36-23)10-14-9-18(27)22(21(11-14)34-2)35-24(30)15-5-7-17(26)8-6-15/h3-12H,1-2H3/b19-10-. The quantitative estimate of drug-likeness (QED) is 0.131. The lowest BCUT2D eigenvalue weighted by Crippen LogP contribution is -2.09. The first kappa shape index (κ1) is 24.9. The highest BCUT2D eigenvalue weighted by Gasteiger charge is 2.26. The maximum Gasteiger partial charge on any atom is 0.363 e. The van der Waals surface area contributed by atoms with Crippen molar-refractivity contribution in [1.82, 2.24) is 0 Å². The summed E-state index contributed by atoms with van der Waals surface area (Å²) in [5, 5.41) is 11.7. The van der Waals surface area contributed by atoms with Crippen molar-refractivity contribution in [3.8, 4) is 11.5 Å². The molecule has 3 aromatic rings. The zero-order valence-corrected chi connectivity index (χ0v) is 20.3. The first-order valence-electron chi connectivity index (χ1n) is 10.3. The molecule has 0 bridgehead atoms. The molecule has 0 saturated heterocycles. The SMILES string of the molecule is COc1cc(/C=C2\N=C(c3ccc(C)c([N+](=O)[O-])c3)OC2=O)cc(Cl)c1OC(=O)c1ccc(Cl)cc1. The molecule has 3 aromatic carbocycles. The van der Waals surface area contributed by atoms with Crippen molar-refractivity contribution in [3.05, 3.63) is 103 Å². The normalized spacial score (nSPS) is 13.8. The number of aryl methyl sites for hydroxylation is 1. The summed E-state index contributed by atoms with van der Waals surface area (Å²) in [4.78, 5) is 39.8. The van der Waals surface area contributed by atoms with Crippen molar-refractivity contribution in [2.24, 2.45) is 4.99 Å². The van der Waals surface area contributed by atoms with Gasteiger partial charge in [0.25, 0.3) is 5.69 Å². The molecule has 0 saturated carbocycles. The van der Waals surface area contributed by atoms with Crippen molar-refractivity contribution >= 4 is 52.8 Å². The van der Waals surface area contributed by atoms with Gasteiger partial charge in [-0.25, -0.2) is 14.6 Å². The molecular formula is C25H16Cl2N2O7. The fourth-order valence-electron chi connectivity index (χ4n) is 3.29. The Morgan fingerprint density at radius 1 is 1.11 bits per heavy atom. The fraction of sp³-hybridized carbons (Fsp3) is 0.0800. The first-order chi connectivity index (χ1) is 17.2. The Bertz CT molecular complexity index is 1460. The monoisotopic (exact) mass is 526 g/mol. The maximum atomic E-state index is 12.5. The molecule has 1 aliphatic rings. The molecule has 0 spiro atoms. The molecule has 0 fully saturated rings. The average molecular weight is 527 g/mol. The third kappa shape index (κ3) is 5.22. The molecule has 0 radical (unpaired) electrons. The number of carbonyl (C=O) groups excluding carboxylic acids is 2. The molecule has 0 unspecified atom stereocenters. The number of halogens is 2. The number of hydrogen-bond donors (Lipinski definition) is 0. The van der Waals surface area contributed by atoms with Crippen molar-refractivity contribution in [2.75, 3.05) is 7.11 Å². The molecule has 4 rings (SSSR count). The van der Waals surface area contributed by atoms with Gasteiger partial charge in [-0.2, -0.15) is 0 Å². The molecule has 36 heavy (non-hydrogen) atoms. The van der Waals surface area contributed by atoms with E-state index in [1.807, 2.05) is 0 Å². The number of aliphatic imine (C=N–C) groups is 1. The highest BCUT2D eigenvalue weighted by molar-refractivity contribution is 6.32. The van der Waals surface area contributed by atoms with Gasteiger partial charge in [-0.05, 0) is 61.0 Å². The van der Waals surface area contributed by atoms with Crippen LogP contribution >= 0.6 is 23.2 Å². The van der Waals surface area contributed by atoms with Crippen LogP contribution in [0.2, 0.25) is 10.0 Å². The average Bonchev–Trinajstić information content (AvgIpc) is 3.20. The minimum Gasteiger partial charge on any atom is -0.493 e. The summed E-state index contributed by atoms with van der Waals surface area (Å²) in [6.07, 6.45) is 1.40. The zero-order valence-electron chi connectivity index (χ0n) is 18.8. The van der Waals surface area contributed by atoms with Crippen LogP contribution in [0.5, 0.6) is 11.5 Å². The number of hydrogen-bond acceptors (Lipinski definition) is 8. The highest BCUT2D eigenvalue weighted by atomic mass is 35.5. The summed E-state index contributed by atoms with van der Waals surface area (Å²) in [7, 11) is 1.37. The summed E-state index contributed by atoms with van der Waals surface area (Å²) in [6, 6.07) is 13.5. The molecule has 1 heterocycles. The topological polar surface area (TPSA) is 117 Å². The second-order valence-electron chi connectivity index (χ2n) is 7.52. The minimum absolute atomic E-state index is 0.00794. The van der Waals surface area contributed by atoms with Crippen LogP contribution < -0.4 is 9.47 Å². The van der Waals surface area contributed by atoms with Crippen LogP contribution in [0.3, 0.4) is 0 Å². The third-order valence-corrected chi connectivity index (χ3v) is 5.64. The number of nitro groups is 1. The van der Waals surface area contributed by atoms with Gasteiger partial charge in [0.1, 0.15) is 0 Å². The third-order valence-electron chi connectivity index (χ3n) is 5.10. The molecule has 0 aliphatic carbocycles. The summed E-state index contributed by atoms with van der Waals surface area (Å²) >= 11 is 12.2. The second kappa shape index (κ2) is 10.2. The predicted molar refractivity (Wildman–Crippen MR) is 133 cm³/mol. The van der Waals surface area contributed by atoms with Crippen molar-refractivity contribution < 1.29 is 28.7 Å². The van der Waals surface area contributed by atoms with E-state index < -0.39 is 16.9 Å². The van der Waals surface area contributed by atoms with Crippen molar-refractivity contribution in [2.45, 2.75) is 6.92 Å². The van der Waals surface area contributed by atoms with Crippen LogP contribution in [0, 0.1) is 17.0 Å². The van der Waals surface area contributed by atoms with Crippen molar-refractivity contribution in [3.63, 3.8) is 0 Å². The number of cyclic esters (lactones) is 1. The number of carbonyl (C=O) groups is 2. The van der Waals surface area contributed by atoms with Crippen LogP contribution in [0.4, 0.5) is 5.69 Å². The van der Waals surface area contributed by atoms with Gasteiger partial charge < -0.3 is 14.2 Å². The molecule has 182 valence electrons. The number of methoxy groups -OCH3 is 1. The van der Waals surface area contributed by atoms with E-state index in [4.69, 9.17) is 37.4 Å². The van der Waals surface area contributed by atoms with E-state index in [-0.39, 0.29) is 44.9 Å². The van der Waals surface area contributed by atoms with Gasteiger partial charge in [0.2, 0.25) is 5.90 Å². The van der Waals surface area contributed by atoms with Crippen LogP contribution in [-0.4, -0.2) is 29.9 Å². The number of benzene rings is 3. The lowest BCUT2D eigenvalue weighted by atomic mass is 10.1. The van der Waals surface area contributed by atoms with E-state index in [0.717, 1.165) is 0 Å². The Labute approximate surface area is 214 Å². The maximum absolute atomic E-state index is 12.5. The van der Waals surface area contributed by atoms with Gasteiger partial charge in [-0.15, -0.1) is 0 Å². The van der Waals surface area contributed by atoms with E-state index in [1.54, 1.807) is 31.2 Å². The molecule has 9 nitrogen and oxygen atoms in total. The Morgan fingerprint density at radius 3 is 2.50 bits per heavy atom. The summed E-state index contributed by atoms with van der Waals surface area (Å²) < 4.78 is 15.9. The van der Waals surface area contributed by atoms with Gasteiger partial charge in [0.05, 0.1) is 22.6 Å². The van der Waals surface area contributed by atoms with E-state index in [0.29, 0.717) is 16.1 Å². The highest BCUT2D eigenvalue weighted by Crippen LogP contribution is 2.38. The molecule has 0 aromatic heterocycles. The van der Waals surface area contributed by atoms with Crippen LogP contribution in [0.1, 0.15) is 27.0 Å². The number of nitrogens with zero attached hydrogens (tertiary/aromatic N) is 2. The second-order valence-corrected chi connectivity index (χ2v) is 8.37. The molecule has 0 N–H and O–H groups in total. The van der Waals surface area contributed by atoms with Gasteiger partial charge >= 0.3 is 11.9 Å². The molecule has 1 aliphatic heterocycles. The van der Waals surface area contributed by atoms with Crippen molar-refractivity contribution in [1.29, 1.82) is 0 Å². The summed E-state index contributed by atoms with van der Waals surface area (Å²) in [5.41, 5.74) is 1.24. The number of rotatable bonds is 6. The van der Waals surface area contributed by atoms with E-state index in [9.17, 15) is 19.7 Å². The molecule has 0 amide bonds. The first-order valence-corrected chi connectivity index (χ1v) is 11.0.